The van der Waals surface area contributed by atoms with Gasteiger partial charge in [-0.1, -0.05) is 36.4 Å². The predicted octanol–water partition coefficient (Wildman–Crippen LogP) is 4.25. The Labute approximate surface area is 248 Å². The molecule has 0 atom stereocenters. The molecule has 9 heteroatoms. The minimum atomic E-state index is -0.380. The van der Waals surface area contributed by atoms with E-state index in [-0.39, 0.29) is 5.60 Å². The van der Waals surface area contributed by atoms with Crippen LogP contribution >= 0.6 is 0 Å². The average Bonchev–Trinajstić information content (AvgIpc) is 3.26. The Morgan fingerprint density at radius 2 is 1.74 bits per heavy atom. The first-order chi connectivity index (χ1) is 20.1. The summed E-state index contributed by atoms with van der Waals surface area (Å²) in [5, 5.41) is 11.5. The molecule has 4 heterocycles. The number of β-amino-alcohol motifs (C(OH)–C–C–N with tert-alkyl or cyclic N) is 1. The highest BCUT2D eigenvalue weighted by atomic mass is 16.5. The molecular formula is C33H44N6O3. The molecular weight excluding hydrogens is 528 g/mol. The quantitative estimate of drug-likeness (QED) is 0.184. The molecule has 0 spiro atoms. The highest BCUT2D eigenvalue weighted by Crippen LogP contribution is 2.32. The van der Waals surface area contributed by atoms with Crippen LogP contribution in [-0.4, -0.2) is 76.9 Å². The summed E-state index contributed by atoms with van der Waals surface area (Å²) in [4.78, 5) is 18.2. The molecule has 0 saturated carbocycles. The Morgan fingerprint density at radius 1 is 1.12 bits per heavy atom. The Morgan fingerprint density at radius 3 is 2.21 bits per heavy atom. The van der Waals surface area contributed by atoms with E-state index in [9.17, 15) is 4.79 Å². The molecule has 5 N–H and O–H groups in total. The molecule has 0 unspecified atom stereocenters. The summed E-state index contributed by atoms with van der Waals surface area (Å²) in [6.45, 7) is 7.83. The highest BCUT2D eigenvalue weighted by molar-refractivity contribution is 6.07. The number of fused-ring (bicyclic) bond motifs is 3. The molecule has 0 bridgehead atoms. The molecule has 2 aromatic carbocycles. The fraction of sp³-hybridized carbons (Fsp3) is 0.394. The topological polar surface area (TPSA) is 123 Å². The molecule has 0 amide bonds. The summed E-state index contributed by atoms with van der Waals surface area (Å²) in [6.07, 6.45) is 4.75. The summed E-state index contributed by atoms with van der Waals surface area (Å²) >= 11 is 0. The lowest BCUT2D eigenvalue weighted by molar-refractivity contribution is -0.0705. The predicted molar refractivity (Wildman–Crippen MR) is 169 cm³/mol. The number of aromatic nitrogens is 2. The molecule has 2 aliphatic rings. The second-order valence-corrected chi connectivity index (χ2v) is 11.6. The number of nitrogens with zero attached hydrogens (tertiary/aromatic N) is 4. The van der Waals surface area contributed by atoms with Gasteiger partial charge in [0, 0.05) is 68.3 Å². The lowest BCUT2D eigenvalue weighted by Crippen LogP contribution is -2.57. The van der Waals surface area contributed by atoms with Crippen LogP contribution in [-0.2, 0) is 11.3 Å². The van der Waals surface area contributed by atoms with Crippen molar-refractivity contribution in [2.24, 2.45) is 17.5 Å². The number of allylic oxidation sites excluding steroid dienone is 1. The number of aliphatic hydroxyl groups is 1. The summed E-state index contributed by atoms with van der Waals surface area (Å²) in [7, 11) is 3.77. The van der Waals surface area contributed by atoms with Gasteiger partial charge in [0.25, 0.3) is 0 Å². The van der Waals surface area contributed by atoms with Crippen LogP contribution in [0.25, 0.3) is 27.6 Å². The molecule has 0 aliphatic carbocycles. The van der Waals surface area contributed by atoms with Gasteiger partial charge in [0.15, 0.2) is 0 Å². The maximum Gasteiger partial charge on any atom is 0.150 e. The Hall–Kier alpha value is -3.76. The minimum Gasteiger partial charge on any atom is -0.401 e. The maximum absolute atomic E-state index is 11.3. The number of likely N-dealkylation sites (N-methyl/N-ethyl adjacent to an activating group) is 1. The number of carbonyl (C=O) groups excluding carboxylic acids is 1. The summed E-state index contributed by atoms with van der Waals surface area (Å²) in [5.41, 5.74) is 11.6. The second-order valence-electron chi connectivity index (χ2n) is 11.6. The standard InChI is InChI=1S/C22H27N5O2.C6H6.C5H11NO/c1-14(23)22(26(2)24)17-10-20-21(25-11-17)18-9-16(13-28)3-4-19(18)27(20)12-15-5-7-29-8-6-15;1-2-4-6-5-3-1;1-5(7)3-6(2)4-5/h3-4,9-11,13,15H,5-8,12,23-24H2,1-2H3;1-6H;7H,3-4H2,1-2H3/b22-14-;;. The normalized spacial score (nSPS) is 17.3. The van der Waals surface area contributed by atoms with Crippen molar-refractivity contribution in [3.8, 4) is 0 Å². The SMILES string of the molecule is C/C(N)=C(\c1cnc2c3cc(C=O)ccc3n(CC3CCOCC3)c2c1)N(C)N.CN1CC(C)(O)C1.c1ccccc1. The highest BCUT2D eigenvalue weighted by Gasteiger charge is 2.33. The van der Waals surface area contributed by atoms with Gasteiger partial charge in [0.05, 0.1) is 27.8 Å². The van der Waals surface area contributed by atoms with E-state index in [4.69, 9.17) is 26.4 Å². The van der Waals surface area contributed by atoms with Crippen molar-refractivity contribution in [2.75, 3.05) is 40.4 Å². The summed E-state index contributed by atoms with van der Waals surface area (Å²) in [6, 6.07) is 19.9. The monoisotopic (exact) mass is 572 g/mol. The number of carbonyl (C=O) groups is 1. The average molecular weight is 573 g/mol. The number of rotatable bonds is 5. The molecule has 224 valence electrons. The first-order valence-corrected chi connectivity index (χ1v) is 14.4. The first-order valence-electron chi connectivity index (χ1n) is 14.4. The third-order valence-corrected chi connectivity index (χ3v) is 7.53. The van der Waals surface area contributed by atoms with E-state index in [1.807, 2.05) is 75.5 Å². The van der Waals surface area contributed by atoms with Gasteiger partial charge in [-0.3, -0.25) is 9.78 Å². The zero-order chi connectivity index (χ0) is 30.3. The molecule has 9 nitrogen and oxygen atoms in total. The van der Waals surface area contributed by atoms with Crippen molar-refractivity contribution in [3.05, 3.63) is 83.7 Å². The number of likely N-dealkylation sites (tertiary alicyclic amines) is 1. The van der Waals surface area contributed by atoms with Crippen molar-refractivity contribution in [1.82, 2.24) is 19.5 Å². The number of benzene rings is 2. The van der Waals surface area contributed by atoms with E-state index in [0.717, 1.165) is 85.2 Å². The smallest absolute Gasteiger partial charge is 0.150 e. The summed E-state index contributed by atoms with van der Waals surface area (Å²) in [5.74, 6) is 6.56. The van der Waals surface area contributed by atoms with Crippen LogP contribution in [0.15, 0.2) is 72.6 Å². The van der Waals surface area contributed by atoms with Crippen LogP contribution < -0.4 is 11.6 Å². The van der Waals surface area contributed by atoms with Crippen molar-refractivity contribution in [1.29, 1.82) is 0 Å². The van der Waals surface area contributed by atoms with E-state index in [0.29, 0.717) is 17.2 Å². The lowest BCUT2D eigenvalue weighted by Gasteiger charge is -2.41. The van der Waals surface area contributed by atoms with E-state index in [1.54, 1.807) is 13.2 Å². The number of pyridine rings is 1. The molecule has 2 fully saturated rings. The molecule has 0 radical (unpaired) electrons. The van der Waals surface area contributed by atoms with E-state index < -0.39 is 0 Å². The molecule has 2 saturated heterocycles. The van der Waals surface area contributed by atoms with Crippen molar-refractivity contribution >= 4 is 33.9 Å². The van der Waals surface area contributed by atoms with E-state index >= 15 is 0 Å². The van der Waals surface area contributed by atoms with Crippen molar-refractivity contribution < 1.29 is 14.6 Å². The number of aldehydes is 1. The van der Waals surface area contributed by atoms with E-state index in [1.165, 1.54) is 5.01 Å². The van der Waals surface area contributed by atoms with Crippen molar-refractivity contribution in [2.45, 2.75) is 38.8 Å². The fourth-order valence-corrected chi connectivity index (χ4v) is 5.77. The van der Waals surface area contributed by atoms with E-state index in [2.05, 4.69) is 15.5 Å². The number of nitrogens with two attached hydrogens (primary N) is 2. The Balaban J connectivity index is 0.000000255. The first kappa shape index (κ1) is 31.2. The lowest BCUT2D eigenvalue weighted by atomic mass is 9.98. The van der Waals surface area contributed by atoms with Crippen LogP contribution in [0.2, 0.25) is 0 Å². The second kappa shape index (κ2) is 13.9. The van der Waals surface area contributed by atoms with Gasteiger partial charge in [-0.05, 0) is 63.9 Å². The van der Waals surface area contributed by atoms with Crippen molar-refractivity contribution in [3.63, 3.8) is 0 Å². The molecule has 6 rings (SSSR count). The third kappa shape index (κ3) is 7.74. The van der Waals surface area contributed by atoms with Gasteiger partial charge < -0.3 is 30.1 Å². The molecule has 2 aromatic heterocycles. The summed E-state index contributed by atoms with van der Waals surface area (Å²) < 4.78 is 7.84. The van der Waals surface area contributed by atoms with Crippen LogP contribution in [0.5, 0.6) is 0 Å². The zero-order valence-corrected chi connectivity index (χ0v) is 25.2. The van der Waals surface area contributed by atoms with Gasteiger partial charge in [0.1, 0.15) is 6.29 Å². The number of hydrogen-bond donors (Lipinski definition) is 3. The van der Waals surface area contributed by atoms with Crippen LogP contribution in [0, 0.1) is 5.92 Å². The van der Waals surface area contributed by atoms with Gasteiger partial charge in [-0.15, -0.1) is 0 Å². The third-order valence-electron chi connectivity index (χ3n) is 7.53. The largest absolute Gasteiger partial charge is 0.401 e. The maximum atomic E-state index is 11.3. The van der Waals surface area contributed by atoms with Gasteiger partial charge in [-0.2, -0.15) is 0 Å². The number of ether oxygens (including phenoxy) is 1. The Kier molecular flexibility index (Phi) is 10.3. The van der Waals surface area contributed by atoms with Gasteiger partial charge in [-0.25, -0.2) is 5.84 Å². The van der Waals surface area contributed by atoms with Gasteiger partial charge in [0.2, 0.25) is 0 Å². The van der Waals surface area contributed by atoms with Crippen LogP contribution in [0.1, 0.15) is 42.6 Å². The number of hydrogen-bond acceptors (Lipinski definition) is 8. The van der Waals surface area contributed by atoms with Crippen LogP contribution in [0.4, 0.5) is 0 Å². The fourth-order valence-electron chi connectivity index (χ4n) is 5.77. The number of hydrazine groups is 1. The zero-order valence-electron chi connectivity index (χ0n) is 25.2. The molecule has 2 aliphatic heterocycles. The van der Waals surface area contributed by atoms with Gasteiger partial charge >= 0.3 is 0 Å². The Bertz CT molecular complexity index is 1470. The molecule has 42 heavy (non-hydrogen) atoms. The molecule has 4 aromatic rings. The van der Waals surface area contributed by atoms with Crippen LogP contribution in [0.3, 0.4) is 0 Å². The minimum absolute atomic E-state index is 0.380.